The molecule has 6 nitrogen and oxygen atoms in total. The molecule has 1 aromatic rings. The molecule has 0 radical (unpaired) electrons. The summed E-state index contributed by atoms with van der Waals surface area (Å²) in [6, 6.07) is 8.09. The van der Waals surface area contributed by atoms with Gasteiger partial charge in [0.25, 0.3) is 5.91 Å². The SMILES string of the molecule is CCNC(=NCc1cccc(OCC(=O)N(C)C)c1)NC(C)CCC(C)C.I. The molecule has 0 saturated carbocycles. The van der Waals surface area contributed by atoms with Crippen molar-refractivity contribution >= 4 is 35.8 Å². The molecule has 28 heavy (non-hydrogen) atoms. The van der Waals surface area contributed by atoms with Crippen LogP contribution in [0.5, 0.6) is 5.75 Å². The number of carbonyl (C=O) groups excluding carboxylic acids is 1. The van der Waals surface area contributed by atoms with Crippen LogP contribution in [0.1, 0.15) is 46.1 Å². The van der Waals surface area contributed by atoms with E-state index in [1.807, 2.05) is 24.3 Å². The third kappa shape index (κ3) is 11.4. The quantitative estimate of drug-likeness (QED) is 0.290. The van der Waals surface area contributed by atoms with Crippen molar-refractivity contribution in [2.24, 2.45) is 10.9 Å². The van der Waals surface area contributed by atoms with Crippen molar-refractivity contribution in [2.45, 2.75) is 53.1 Å². The fraction of sp³-hybridized carbons (Fsp3) is 0.619. The van der Waals surface area contributed by atoms with E-state index < -0.39 is 0 Å². The van der Waals surface area contributed by atoms with Gasteiger partial charge in [-0.25, -0.2) is 4.99 Å². The number of nitrogens with one attached hydrogen (secondary N) is 2. The number of carbonyl (C=O) groups is 1. The highest BCUT2D eigenvalue weighted by Gasteiger charge is 2.07. The van der Waals surface area contributed by atoms with Crippen LogP contribution in [-0.2, 0) is 11.3 Å². The van der Waals surface area contributed by atoms with Gasteiger partial charge in [-0.05, 0) is 50.3 Å². The number of nitrogens with zero attached hydrogens (tertiary/aromatic N) is 2. The summed E-state index contributed by atoms with van der Waals surface area (Å²) >= 11 is 0. The molecule has 7 heteroatoms. The standard InChI is InChI=1S/C21H36N4O2.HI/c1-7-22-21(24-17(4)12-11-16(2)3)23-14-18-9-8-10-19(13-18)27-15-20(26)25(5)6;/h8-10,13,16-17H,7,11-12,14-15H2,1-6H3,(H2,22,23,24);1H. The monoisotopic (exact) mass is 504 g/mol. The Balaban J connectivity index is 0.00000729. The molecule has 0 aromatic heterocycles. The van der Waals surface area contributed by atoms with E-state index in [2.05, 4.69) is 43.3 Å². The highest BCUT2D eigenvalue weighted by atomic mass is 127. The first-order valence-corrected chi connectivity index (χ1v) is 9.78. The number of guanidine groups is 1. The highest BCUT2D eigenvalue weighted by molar-refractivity contribution is 14.0. The van der Waals surface area contributed by atoms with Crippen molar-refractivity contribution < 1.29 is 9.53 Å². The van der Waals surface area contributed by atoms with Gasteiger partial charge in [0.2, 0.25) is 0 Å². The number of likely N-dealkylation sites (N-methyl/N-ethyl adjacent to an activating group) is 1. The average Bonchev–Trinajstić information content (AvgIpc) is 2.63. The Bertz CT molecular complexity index is 606. The van der Waals surface area contributed by atoms with E-state index in [0.717, 1.165) is 24.5 Å². The van der Waals surface area contributed by atoms with Crippen molar-refractivity contribution in [3.63, 3.8) is 0 Å². The smallest absolute Gasteiger partial charge is 0.259 e. The third-order valence-electron chi connectivity index (χ3n) is 4.08. The Morgan fingerprint density at radius 3 is 2.54 bits per heavy atom. The van der Waals surface area contributed by atoms with Crippen molar-refractivity contribution in [3.8, 4) is 5.75 Å². The van der Waals surface area contributed by atoms with Gasteiger partial charge in [-0.15, -0.1) is 24.0 Å². The molecule has 1 atom stereocenters. The minimum Gasteiger partial charge on any atom is -0.484 e. The fourth-order valence-electron chi connectivity index (χ4n) is 2.39. The van der Waals surface area contributed by atoms with Crippen molar-refractivity contribution in [3.05, 3.63) is 29.8 Å². The topological polar surface area (TPSA) is 66.0 Å². The van der Waals surface area contributed by atoms with Crippen LogP contribution in [0.2, 0.25) is 0 Å². The molecule has 160 valence electrons. The summed E-state index contributed by atoms with van der Waals surface area (Å²) in [6.45, 7) is 10.1. The molecule has 0 fully saturated rings. The second-order valence-corrected chi connectivity index (χ2v) is 7.44. The maximum Gasteiger partial charge on any atom is 0.259 e. The molecule has 0 bridgehead atoms. The molecule has 0 aliphatic heterocycles. The van der Waals surface area contributed by atoms with Gasteiger partial charge in [-0.2, -0.15) is 0 Å². The fourth-order valence-corrected chi connectivity index (χ4v) is 2.39. The Morgan fingerprint density at radius 2 is 1.93 bits per heavy atom. The summed E-state index contributed by atoms with van der Waals surface area (Å²) in [5.74, 6) is 2.15. The molecule has 0 heterocycles. The number of hydrogen-bond acceptors (Lipinski definition) is 3. The Hall–Kier alpha value is -1.51. The van der Waals surface area contributed by atoms with E-state index in [-0.39, 0.29) is 36.5 Å². The van der Waals surface area contributed by atoms with Gasteiger partial charge >= 0.3 is 0 Å². The normalized spacial score (nSPS) is 12.2. The van der Waals surface area contributed by atoms with Gasteiger partial charge < -0.3 is 20.3 Å². The zero-order valence-electron chi connectivity index (χ0n) is 18.1. The summed E-state index contributed by atoms with van der Waals surface area (Å²) in [7, 11) is 3.43. The summed E-state index contributed by atoms with van der Waals surface area (Å²) in [4.78, 5) is 17.8. The summed E-state index contributed by atoms with van der Waals surface area (Å²) < 4.78 is 5.57. The summed E-state index contributed by atoms with van der Waals surface area (Å²) in [6.07, 6.45) is 2.31. The first-order valence-electron chi connectivity index (χ1n) is 9.78. The highest BCUT2D eigenvalue weighted by Crippen LogP contribution is 2.14. The lowest BCUT2D eigenvalue weighted by atomic mass is 10.0. The predicted molar refractivity (Wildman–Crippen MR) is 128 cm³/mol. The van der Waals surface area contributed by atoms with Gasteiger partial charge in [0.05, 0.1) is 6.54 Å². The second-order valence-electron chi connectivity index (χ2n) is 7.44. The lowest BCUT2D eigenvalue weighted by Crippen LogP contribution is -2.42. The van der Waals surface area contributed by atoms with Crippen LogP contribution in [0.4, 0.5) is 0 Å². The number of amides is 1. The molecule has 1 rings (SSSR count). The molecular formula is C21H37IN4O2. The summed E-state index contributed by atoms with van der Waals surface area (Å²) in [5, 5.41) is 6.76. The van der Waals surface area contributed by atoms with Gasteiger partial charge in [0, 0.05) is 26.7 Å². The minimum absolute atomic E-state index is 0. The first-order chi connectivity index (χ1) is 12.8. The molecule has 2 N–H and O–H groups in total. The number of ether oxygens (including phenoxy) is 1. The molecule has 1 aromatic carbocycles. The Morgan fingerprint density at radius 1 is 1.21 bits per heavy atom. The van der Waals surface area contributed by atoms with Crippen LogP contribution in [-0.4, -0.2) is 50.1 Å². The van der Waals surface area contributed by atoms with Gasteiger partial charge in [-0.1, -0.05) is 26.0 Å². The van der Waals surface area contributed by atoms with Crippen molar-refractivity contribution in [2.75, 3.05) is 27.2 Å². The van der Waals surface area contributed by atoms with E-state index in [1.54, 1.807) is 14.1 Å². The largest absolute Gasteiger partial charge is 0.484 e. The molecule has 1 unspecified atom stereocenters. The summed E-state index contributed by atoms with van der Waals surface area (Å²) in [5.41, 5.74) is 1.04. The molecular weight excluding hydrogens is 467 g/mol. The van der Waals surface area contributed by atoms with E-state index in [9.17, 15) is 4.79 Å². The Kier molecular flexibility index (Phi) is 13.7. The number of rotatable bonds is 10. The first kappa shape index (κ1) is 26.5. The van der Waals surface area contributed by atoms with E-state index in [1.165, 1.54) is 11.3 Å². The van der Waals surface area contributed by atoms with Crippen LogP contribution in [0.25, 0.3) is 0 Å². The number of halogens is 1. The number of benzene rings is 1. The number of aliphatic imine (C=N–C) groups is 1. The van der Waals surface area contributed by atoms with Crippen LogP contribution < -0.4 is 15.4 Å². The van der Waals surface area contributed by atoms with E-state index in [4.69, 9.17) is 4.74 Å². The molecule has 0 saturated heterocycles. The van der Waals surface area contributed by atoms with Crippen molar-refractivity contribution in [1.82, 2.24) is 15.5 Å². The molecule has 1 amide bonds. The van der Waals surface area contributed by atoms with Gasteiger partial charge in [0.15, 0.2) is 12.6 Å². The molecule has 0 aliphatic rings. The minimum atomic E-state index is -0.0626. The lowest BCUT2D eigenvalue weighted by Gasteiger charge is -2.18. The lowest BCUT2D eigenvalue weighted by molar-refractivity contribution is -0.130. The van der Waals surface area contributed by atoms with Crippen LogP contribution in [0.3, 0.4) is 0 Å². The van der Waals surface area contributed by atoms with E-state index in [0.29, 0.717) is 24.3 Å². The maximum atomic E-state index is 11.6. The molecule has 0 aliphatic carbocycles. The average molecular weight is 504 g/mol. The Labute approximate surface area is 187 Å². The second kappa shape index (κ2) is 14.5. The zero-order chi connectivity index (χ0) is 20.2. The predicted octanol–water partition coefficient (Wildman–Crippen LogP) is 3.65. The number of hydrogen-bond donors (Lipinski definition) is 2. The van der Waals surface area contributed by atoms with E-state index >= 15 is 0 Å². The zero-order valence-corrected chi connectivity index (χ0v) is 20.4. The third-order valence-corrected chi connectivity index (χ3v) is 4.08. The van der Waals surface area contributed by atoms with Crippen molar-refractivity contribution in [1.29, 1.82) is 0 Å². The van der Waals surface area contributed by atoms with Crippen LogP contribution in [0.15, 0.2) is 29.3 Å². The van der Waals surface area contributed by atoms with Gasteiger partial charge in [-0.3, -0.25) is 4.79 Å². The van der Waals surface area contributed by atoms with Gasteiger partial charge in [0.1, 0.15) is 5.75 Å². The van der Waals surface area contributed by atoms with Crippen LogP contribution >= 0.6 is 24.0 Å². The molecule has 0 spiro atoms. The van der Waals surface area contributed by atoms with Crippen LogP contribution in [0, 0.1) is 5.92 Å². The maximum absolute atomic E-state index is 11.6.